The molecule has 2 heterocycles. The zero-order valence-corrected chi connectivity index (χ0v) is 12.9. The molecule has 1 aliphatic rings. The Bertz CT molecular complexity index is 589. The second-order valence-electron chi connectivity index (χ2n) is 5.39. The summed E-state index contributed by atoms with van der Waals surface area (Å²) in [7, 11) is 0. The van der Waals surface area contributed by atoms with Crippen molar-refractivity contribution in [1.29, 1.82) is 0 Å². The van der Waals surface area contributed by atoms with Crippen LogP contribution in [0.5, 0.6) is 5.75 Å². The predicted molar refractivity (Wildman–Crippen MR) is 85.8 cm³/mol. The van der Waals surface area contributed by atoms with Crippen LogP contribution in [0.25, 0.3) is 0 Å². The summed E-state index contributed by atoms with van der Waals surface area (Å²) in [6.45, 7) is 6.11. The fraction of sp³-hybridized carbons (Fsp3) is 0.389. The number of nitrogens with zero attached hydrogens (tertiary/aromatic N) is 2. The van der Waals surface area contributed by atoms with Crippen molar-refractivity contribution < 1.29 is 9.47 Å². The Morgan fingerprint density at radius 1 is 1.23 bits per heavy atom. The van der Waals surface area contributed by atoms with E-state index in [1.165, 1.54) is 5.56 Å². The largest absolute Gasteiger partial charge is 0.494 e. The van der Waals surface area contributed by atoms with Gasteiger partial charge in [0.05, 0.1) is 18.9 Å². The molecule has 0 radical (unpaired) electrons. The summed E-state index contributed by atoms with van der Waals surface area (Å²) in [6.07, 6.45) is 1.87. The Morgan fingerprint density at radius 2 is 2.09 bits per heavy atom. The molecule has 22 heavy (non-hydrogen) atoms. The van der Waals surface area contributed by atoms with Crippen molar-refractivity contribution in [2.75, 3.05) is 26.3 Å². The smallest absolute Gasteiger partial charge is 0.123 e. The molecule has 1 aromatic heterocycles. The maximum absolute atomic E-state index is 5.87. The van der Waals surface area contributed by atoms with E-state index in [4.69, 9.17) is 9.47 Å². The highest BCUT2D eigenvalue weighted by molar-refractivity contribution is 5.33. The Kier molecular flexibility index (Phi) is 5.03. The molecule has 2 aromatic rings. The maximum atomic E-state index is 5.87. The number of benzene rings is 1. The number of ether oxygens (including phenoxy) is 2. The highest BCUT2D eigenvalue weighted by Crippen LogP contribution is 2.24. The Morgan fingerprint density at radius 3 is 2.91 bits per heavy atom. The van der Waals surface area contributed by atoms with Crippen molar-refractivity contribution in [1.82, 2.24) is 9.88 Å². The lowest BCUT2D eigenvalue weighted by atomic mass is 10.1. The summed E-state index contributed by atoms with van der Waals surface area (Å²) in [4.78, 5) is 6.82. The van der Waals surface area contributed by atoms with Gasteiger partial charge >= 0.3 is 0 Å². The molecule has 0 N–H and O–H groups in total. The van der Waals surface area contributed by atoms with E-state index in [-0.39, 0.29) is 6.10 Å². The number of rotatable bonds is 5. The van der Waals surface area contributed by atoms with Gasteiger partial charge in [-0.1, -0.05) is 24.3 Å². The highest BCUT2D eigenvalue weighted by Gasteiger charge is 2.23. The van der Waals surface area contributed by atoms with Crippen LogP contribution in [-0.2, 0) is 11.3 Å². The van der Waals surface area contributed by atoms with Gasteiger partial charge in [-0.25, -0.2) is 0 Å². The van der Waals surface area contributed by atoms with Gasteiger partial charge in [-0.05, 0) is 25.1 Å². The van der Waals surface area contributed by atoms with Crippen LogP contribution < -0.4 is 4.74 Å². The Balaban J connectivity index is 1.68. The molecule has 1 fully saturated rings. The van der Waals surface area contributed by atoms with E-state index in [0.29, 0.717) is 6.61 Å². The molecule has 1 atom stereocenters. The van der Waals surface area contributed by atoms with Crippen LogP contribution in [0.4, 0.5) is 0 Å². The Hall–Kier alpha value is -1.91. The van der Waals surface area contributed by atoms with Crippen LogP contribution in [0, 0.1) is 0 Å². The first kappa shape index (κ1) is 15.0. The van der Waals surface area contributed by atoms with Gasteiger partial charge in [-0.2, -0.15) is 0 Å². The van der Waals surface area contributed by atoms with Gasteiger partial charge in [0.25, 0.3) is 0 Å². The summed E-state index contributed by atoms with van der Waals surface area (Å²) >= 11 is 0. The average molecular weight is 298 g/mol. The molecule has 0 bridgehead atoms. The molecule has 0 spiro atoms. The molecule has 1 saturated heterocycles. The zero-order chi connectivity index (χ0) is 15.2. The van der Waals surface area contributed by atoms with Gasteiger partial charge in [-0.15, -0.1) is 0 Å². The molecule has 3 rings (SSSR count). The Labute approximate surface area is 131 Å². The lowest BCUT2D eigenvalue weighted by Gasteiger charge is -2.32. The second kappa shape index (κ2) is 7.38. The molecule has 0 amide bonds. The number of hydrogen-bond donors (Lipinski definition) is 0. The van der Waals surface area contributed by atoms with Crippen molar-refractivity contribution in [3.63, 3.8) is 0 Å². The normalized spacial score (nSPS) is 19.0. The molecule has 1 aromatic carbocycles. The number of hydrogen-bond acceptors (Lipinski definition) is 4. The van der Waals surface area contributed by atoms with Gasteiger partial charge in [0.1, 0.15) is 11.9 Å². The van der Waals surface area contributed by atoms with Crippen molar-refractivity contribution >= 4 is 0 Å². The van der Waals surface area contributed by atoms with Gasteiger partial charge in [0.2, 0.25) is 0 Å². The average Bonchev–Trinajstić information content (AvgIpc) is 2.58. The minimum Gasteiger partial charge on any atom is -0.494 e. The highest BCUT2D eigenvalue weighted by atomic mass is 16.5. The number of para-hydroxylation sites is 1. The van der Waals surface area contributed by atoms with Crippen molar-refractivity contribution in [2.45, 2.75) is 19.6 Å². The lowest BCUT2D eigenvalue weighted by Crippen LogP contribution is -2.38. The van der Waals surface area contributed by atoms with Gasteiger partial charge in [0, 0.05) is 31.4 Å². The molecule has 1 aliphatic heterocycles. The first-order chi connectivity index (χ1) is 10.9. The third kappa shape index (κ3) is 3.64. The van der Waals surface area contributed by atoms with Crippen LogP contribution in [0.2, 0.25) is 0 Å². The van der Waals surface area contributed by atoms with E-state index in [1.807, 2.05) is 43.5 Å². The minimum atomic E-state index is 0.0502. The van der Waals surface area contributed by atoms with Crippen LogP contribution >= 0.6 is 0 Å². The van der Waals surface area contributed by atoms with Crippen LogP contribution in [0.15, 0.2) is 48.7 Å². The summed E-state index contributed by atoms with van der Waals surface area (Å²) in [5.41, 5.74) is 2.23. The summed E-state index contributed by atoms with van der Waals surface area (Å²) in [5, 5.41) is 0. The number of aromatic nitrogens is 1. The number of morpholine rings is 1. The van der Waals surface area contributed by atoms with E-state index < -0.39 is 0 Å². The topological polar surface area (TPSA) is 34.6 Å². The molecule has 0 aliphatic carbocycles. The first-order valence-electron chi connectivity index (χ1n) is 7.82. The predicted octanol–water partition coefficient (Wildman–Crippen LogP) is 3.05. The number of pyridine rings is 1. The quantitative estimate of drug-likeness (QED) is 0.850. The standard InChI is InChI=1S/C18H22N2O2/c1-2-21-17-9-4-3-7-15(17)13-20-11-12-22-18(14-20)16-8-5-6-10-19-16/h3-10,18H,2,11-14H2,1H3/t18-/m0/s1. The minimum absolute atomic E-state index is 0.0502. The van der Waals surface area contributed by atoms with E-state index in [1.54, 1.807) is 0 Å². The molecule has 0 saturated carbocycles. The zero-order valence-electron chi connectivity index (χ0n) is 12.9. The van der Waals surface area contributed by atoms with Crippen molar-refractivity contribution in [3.05, 3.63) is 59.9 Å². The SMILES string of the molecule is CCOc1ccccc1CN1CCO[C@H](c2ccccn2)C1. The molecular weight excluding hydrogens is 276 g/mol. The van der Waals surface area contributed by atoms with Crippen molar-refractivity contribution in [3.8, 4) is 5.75 Å². The molecule has 0 unspecified atom stereocenters. The molecule has 4 nitrogen and oxygen atoms in total. The third-order valence-corrected chi connectivity index (χ3v) is 3.83. The van der Waals surface area contributed by atoms with Gasteiger partial charge in [-0.3, -0.25) is 9.88 Å². The summed E-state index contributed by atoms with van der Waals surface area (Å²) in [6, 6.07) is 14.2. The fourth-order valence-electron chi connectivity index (χ4n) is 2.76. The van der Waals surface area contributed by atoms with Crippen LogP contribution in [-0.4, -0.2) is 36.2 Å². The lowest BCUT2D eigenvalue weighted by molar-refractivity contribution is -0.0351. The van der Waals surface area contributed by atoms with Crippen LogP contribution in [0.1, 0.15) is 24.3 Å². The molecule has 116 valence electrons. The van der Waals surface area contributed by atoms with Crippen LogP contribution in [0.3, 0.4) is 0 Å². The van der Waals surface area contributed by atoms with E-state index >= 15 is 0 Å². The van der Waals surface area contributed by atoms with E-state index in [9.17, 15) is 0 Å². The summed E-state index contributed by atoms with van der Waals surface area (Å²) < 4.78 is 11.6. The first-order valence-corrected chi connectivity index (χ1v) is 7.82. The second-order valence-corrected chi connectivity index (χ2v) is 5.39. The summed E-state index contributed by atoms with van der Waals surface area (Å²) in [5.74, 6) is 0.978. The van der Waals surface area contributed by atoms with Gasteiger partial charge < -0.3 is 9.47 Å². The van der Waals surface area contributed by atoms with E-state index in [0.717, 1.165) is 37.7 Å². The van der Waals surface area contributed by atoms with Gasteiger partial charge in [0.15, 0.2) is 0 Å². The van der Waals surface area contributed by atoms with E-state index in [2.05, 4.69) is 22.0 Å². The fourth-order valence-corrected chi connectivity index (χ4v) is 2.76. The monoisotopic (exact) mass is 298 g/mol. The maximum Gasteiger partial charge on any atom is 0.123 e. The van der Waals surface area contributed by atoms with Crippen molar-refractivity contribution in [2.24, 2.45) is 0 Å². The molecule has 4 heteroatoms. The molecular formula is C18H22N2O2. The third-order valence-electron chi connectivity index (χ3n) is 3.83.